The van der Waals surface area contributed by atoms with Gasteiger partial charge in [0.15, 0.2) is 0 Å². The van der Waals surface area contributed by atoms with Crippen LogP contribution >= 0.6 is 0 Å². The molecule has 6 heteroatoms. The molecule has 1 saturated heterocycles. The van der Waals surface area contributed by atoms with E-state index in [1.807, 2.05) is 48.5 Å². The van der Waals surface area contributed by atoms with Crippen LogP contribution in [0.3, 0.4) is 0 Å². The smallest absolute Gasteiger partial charge is 0.253 e. The predicted octanol–water partition coefficient (Wildman–Crippen LogP) is 2.92. The van der Waals surface area contributed by atoms with E-state index in [-0.39, 0.29) is 5.91 Å². The van der Waals surface area contributed by atoms with Gasteiger partial charge in [0.1, 0.15) is 0 Å². The summed E-state index contributed by atoms with van der Waals surface area (Å²) in [5.74, 6) is 0.981. The molecular weight excluding hydrogens is 330 g/mol. The maximum Gasteiger partial charge on any atom is 0.253 e. The van der Waals surface area contributed by atoms with Crippen LogP contribution in [0, 0.1) is 6.92 Å². The van der Waals surface area contributed by atoms with Gasteiger partial charge in [0.05, 0.1) is 6.10 Å². The lowest BCUT2D eigenvalue weighted by Gasteiger charge is -2.16. The van der Waals surface area contributed by atoms with Gasteiger partial charge in [-0.2, -0.15) is 0 Å². The fourth-order valence-corrected chi connectivity index (χ4v) is 3.16. The minimum atomic E-state index is -0.414. The Balaban J connectivity index is 1.57. The van der Waals surface area contributed by atoms with E-state index in [0.29, 0.717) is 36.9 Å². The number of benzene rings is 2. The number of aliphatic hydroxyl groups excluding tert-OH is 1. The lowest BCUT2D eigenvalue weighted by atomic mass is 10.0. The van der Waals surface area contributed by atoms with Crippen molar-refractivity contribution in [2.45, 2.75) is 19.4 Å². The summed E-state index contributed by atoms with van der Waals surface area (Å²) in [6, 6.07) is 15.3. The van der Waals surface area contributed by atoms with Crippen molar-refractivity contribution in [2.75, 3.05) is 13.1 Å². The van der Waals surface area contributed by atoms with Crippen molar-refractivity contribution >= 4 is 5.91 Å². The first kappa shape index (κ1) is 16.5. The maximum absolute atomic E-state index is 12.6. The summed E-state index contributed by atoms with van der Waals surface area (Å²) in [4.78, 5) is 14.3. The van der Waals surface area contributed by atoms with Gasteiger partial charge in [-0.1, -0.05) is 24.3 Å². The van der Waals surface area contributed by atoms with E-state index >= 15 is 0 Å². The Kier molecular flexibility index (Phi) is 4.26. The summed E-state index contributed by atoms with van der Waals surface area (Å²) in [7, 11) is 0. The average Bonchev–Trinajstić information content (AvgIpc) is 3.30. The van der Waals surface area contributed by atoms with Gasteiger partial charge in [0.25, 0.3) is 5.91 Å². The van der Waals surface area contributed by atoms with E-state index in [1.54, 1.807) is 11.8 Å². The van der Waals surface area contributed by atoms with Gasteiger partial charge >= 0.3 is 0 Å². The van der Waals surface area contributed by atoms with Crippen molar-refractivity contribution in [1.82, 2.24) is 15.1 Å². The molecule has 1 N–H and O–H groups in total. The van der Waals surface area contributed by atoms with Crippen LogP contribution in [0.2, 0.25) is 0 Å². The van der Waals surface area contributed by atoms with Crippen LogP contribution in [0.1, 0.15) is 22.7 Å². The second-order valence-corrected chi connectivity index (χ2v) is 6.48. The van der Waals surface area contributed by atoms with Gasteiger partial charge in [0.2, 0.25) is 11.8 Å². The molecule has 132 valence electrons. The van der Waals surface area contributed by atoms with Crippen molar-refractivity contribution in [3.05, 3.63) is 60.0 Å². The van der Waals surface area contributed by atoms with E-state index in [0.717, 1.165) is 16.7 Å². The van der Waals surface area contributed by atoms with Crippen molar-refractivity contribution in [3.63, 3.8) is 0 Å². The van der Waals surface area contributed by atoms with Gasteiger partial charge in [-0.3, -0.25) is 4.79 Å². The highest BCUT2D eigenvalue weighted by Gasteiger charge is 2.25. The molecule has 6 nitrogen and oxygen atoms in total. The SMILES string of the molecule is Cc1nnc(-c2ccc(-c3cccc(C(=O)N4CC[C@@H](O)C4)c3)cc2)o1. The number of hydrogen-bond donors (Lipinski definition) is 1. The largest absolute Gasteiger partial charge is 0.421 e. The number of aryl methyl sites for hydroxylation is 1. The van der Waals surface area contributed by atoms with Crippen LogP contribution in [0.4, 0.5) is 0 Å². The van der Waals surface area contributed by atoms with Crippen molar-refractivity contribution < 1.29 is 14.3 Å². The lowest BCUT2D eigenvalue weighted by molar-refractivity contribution is 0.0765. The van der Waals surface area contributed by atoms with E-state index in [2.05, 4.69) is 10.2 Å². The average molecular weight is 349 g/mol. The monoisotopic (exact) mass is 349 g/mol. The van der Waals surface area contributed by atoms with Gasteiger partial charge in [-0.25, -0.2) is 0 Å². The van der Waals surface area contributed by atoms with Gasteiger partial charge in [-0.15, -0.1) is 10.2 Å². The molecule has 2 aromatic carbocycles. The number of amides is 1. The molecule has 1 atom stereocenters. The molecule has 4 rings (SSSR count). The summed E-state index contributed by atoms with van der Waals surface area (Å²) < 4.78 is 5.44. The zero-order valence-corrected chi connectivity index (χ0v) is 14.4. The molecular formula is C20H19N3O3. The number of aliphatic hydroxyl groups is 1. The standard InChI is InChI=1S/C20H19N3O3/c1-13-21-22-19(26-13)15-7-5-14(6-8-15)16-3-2-4-17(11-16)20(25)23-10-9-18(24)12-23/h2-8,11,18,24H,9-10,12H2,1H3/t18-/m1/s1. The third kappa shape index (κ3) is 3.23. The number of likely N-dealkylation sites (tertiary alicyclic amines) is 1. The second-order valence-electron chi connectivity index (χ2n) is 6.48. The zero-order valence-electron chi connectivity index (χ0n) is 14.4. The summed E-state index contributed by atoms with van der Waals surface area (Å²) in [5, 5.41) is 17.5. The molecule has 0 unspecified atom stereocenters. The summed E-state index contributed by atoms with van der Waals surface area (Å²) >= 11 is 0. The molecule has 26 heavy (non-hydrogen) atoms. The maximum atomic E-state index is 12.6. The molecule has 1 amide bonds. The van der Waals surface area contributed by atoms with E-state index in [4.69, 9.17) is 4.42 Å². The van der Waals surface area contributed by atoms with Gasteiger partial charge < -0.3 is 14.4 Å². The number of nitrogens with zero attached hydrogens (tertiary/aromatic N) is 3. The number of carbonyl (C=O) groups excluding carboxylic acids is 1. The molecule has 2 heterocycles. The minimum absolute atomic E-state index is 0.0404. The molecule has 0 spiro atoms. The molecule has 0 saturated carbocycles. The third-order valence-corrected chi connectivity index (χ3v) is 4.55. The first-order valence-corrected chi connectivity index (χ1v) is 8.58. The molecule has 1 fully saturated rings. The predicted molar refractivity (Wildman–Crippen MR) is 96.4 cm³/mol. The number of rotatable bonds is 3. The molecule has 0 bridgehead atoms. The quantitative estimate of drug-likeness (QED) is 0.786. The Morgan fingerprint density at radius 1 is 1.12 bits per heavy atom. The van der Waals surface area contributed by atoms with Crippen LogP contribution in [0.25, 0.3) is 22.6 Å². The third-order valence-electron chi connectivity index (χ3n) is 4.55. The molecule has 3 aromatic rings. The van der Waals surface area contributed by atoms with Crippen LogP contribution in [0.5, 0.6) is 0 Å². The molecule has 1 aromatic heterocycles. The highest BCUT2D eigenvalue weighted by molar-refractivity contribution is 5.95. The summed E-state index contributed by atoms with van der Waals surface area (Å²) in [5.41, 5.74) is 3.45. The van der Waals surface area contributed by atoms with Crippen LogP contribution in [-0.2, 0) is 0 Å². The number of carbonyl (C=O) groups is 1. The van der Waals surface area contributed by atoms with Crippen LogP contribution in [-0.4, -0.2) is 45.3 Å². The van der Waals surface area contributed by atoms with E-state index < -0.39 is 6.10 Å². The minimum Gasteiger partial charge on any atom is -0.421 e. The Hall–Kier alpha value is -2.99. The van der Waals surface area contributed by atoms with Crippen LogP contribution < -0.4 is 0 Å². The van der Waals surface area contributed by atoms with E-state index in [1.165, 1.54) is 0 Å². The fourth-order valence-electron chi connectivity index (χ4n) is 3.16. The molecule has 1 aliphatic rings. The van der Waals surface area contributed by atoms with E-state index in [9.17, 15) is 9.90 Å². The molecule has 0 radical (unpaired) electrons. The second kappa shape index (κ2) is 6.72. The van der Waals surface area contributed by atoms with Gasteiger partial charge in [-0.05, 0) is 41.8 Å². The highest BCUT2D eigenvalue weighted by atomic mass is 16.4. The summed E-state index contributed by atoms with van der Waals surface area (Å²) in [6.45, 7) is 2.76. The zero-order chi connectivity index (χ0) is 18.1. The normalized spacial score (nSPS) is 16.8. The number of hydrogen-bond acceptors (Lipinski definition) is 5. The Bertz CT molecular complexity index is 933. The lowest BCUT2D eigenvalue weighted by Crippen LogP contribution is -2.29. The topological polar surface area (TPSA) is 79.5 Å². The fraction of sp³-hybridized carbons (Fsp3) is 0.250. The van der Waals surface area contributed by atoms with Crippen molar-refractivity contribution in [2.24, 2.45) is 0 Å². The first-order valence-electron chi connectivity index (χ1n) is 8.58. The van der Waals surface area contributed by atoms with Gasteiger partial charge in [0, 0.05) is 31.1 Å². The number of aromatic nitrogens is 2. The Morgan fingerprint density at radius 3 is 2.54 bits per heavy atom. The first-order chi connectivity index (χ1) is 12.6. The molecule has 1 aliphatic heterocycles. The molecule has 0 aliphatic carbocycles. The number of β-amino-alcohol motifs (C(OH)–C–C–N with tert-alkyl or cyclic N) is 1. The summed E-state index contributed by atoms with van der Waals surface area (Å²) in [6.07, 6.45) is 0.227. The van der Waals surface area contributed by atoms with Crippen LogP contribution in [0.15, 0.2) is 52.9 Å². The highest BCUT2D eigenvalue weighted by Crippen LogP contribution is 2.25. The Morgan fingerprint density at radius 2 is 1.88 bits per heavy atom. The van der Waals surface area contributed by atoms with Crippen molar-refractivity contribution in [3.8, 4) is 22.6 Å². The Labute approximate surface area is 151 Å². The van der Waals surface area contributed by atoms with Crippen molar-refractivity contribution in [1.29, 1.82) is 0 Å².